The van der Waals surface area contributed by atoms with Crippen LogP contribution in [0, 0.1) is 5.41 Å². The number of unbranched alkanes of at least 4 members (excludes halogenated alkanes) is 1. The van der Waals surface area contributed by atoms with Gasteiger partial charge in [0.15, 0.2) is 0 Å². The molecule has 8 nitrogen and oxygen atoms in total. The van der Waals surface area contributed by atoms with Gasteiger partial charge in [-0.15, -0.1) is 0 Å². The number of methoxy groups -OCH3 is 1. The van der Waals surface area contributed by atoms with Crippen LogP contribution in [0.15, 0.2) is 0 Å². The Hall–Kier alpha value is -0.320. The molecule has 0 saturated heterocycles. The van der Waals surface area contributed by atoms with Crippen molar-refractivity contribution in [2.24, 2.45) is 5.41 Å². The maximum absolute atomic E-state index is 6.08. The summed E-state index contributed by atoms with van der Waals surface area (Å²) in [7, 11) is 6.16. The first kappa shape index (κ1) is 31.7. The van der Waals surface area contributed by atoms with E-state index in [1.165, 1.54) is 6.54 Å². The van der Waals surface area contributed by atoms with Crippen molar-refractivity contribution in [3.8, 4) is 0 Å². The average Bonchev–Trinajstić information content (AvgIpc) is 2.75. The molecule has 2 atom stereocenters. The van der Waals surface area contributed by atoms with Crippen molar-refractivity contribution in [3.05, 3.63) is 0 Å². The number of hydrogen-bond acceptors (Lipinski definition) is 7. The minimum absolute atomic E-state index is 0.332. The van der Waals surface area contributed by atoms with Crippen LogP contribution in [0.3, 0.4) is 0 Å². The summed E-state index contributed by atoms with van der Waals surface area (Å²) < 4.78 is 29.7. The second-order valence-electron chi connectivity index (χ2n) is 9.64. The lowest BCUT2D eigenvalue weighted by Gasteiger charge is -2.33. The fourth-order valence-electron chi connectivity index (χ4n) is 3.01. The molecule has 0 spiro atoms. The van der Waals surface area contributed by atoms with E-state index in [0.717, 1.165) is 30.5 Å². The molecule has 0 aromatic carbocycles. The summed E-state index contributed by atoms with van der Waals surface area (Å²) in [5, 5.41) is 0. The van der Waals surface area contributed by atoms with Crippen LogP contribution in [0.4, 0.5) is 0 Å². The van der Waals surface area contributed by atoms with Crippen molar-refractivity contribution in [2.45, 2.75) is 53.1 Å². The van der Waals surface area contributed by atoms with Crippen molar-refractivity contribution in [1.29, 1.82) is 0 Å². The Bertz CT molecular complexity index is 439. The van der Waals surface area contributed by atoms with Gasteiger partial charge in [-0.3, -0.25) is 0 Å². The molecule has 194 valence electrons. The van der Waals surface area contributed by atoms with Crippen molar-refractivity contribution < 1.29 is 37.9 Å². The molecule has 0 aliphatic heterocycles. The van der Waals surface area contributed by atoms with Crippen LogP contribution in [0.5, 0.6) is 0 Å². The quantitative estimate of drug-likeness (QED) is 0.0990. The molecule has 0 aromatic rings. The average molecular weight is 467 g/mol. The van der Waals surface area contributed by atoms with Crippen LogP contribution in [0.1, 0.15) is 47.5 Å². The third-order valence-corrected chi connectivity index (χ3v) is 5.43. The summed E-state index contributed by atoms with van der Waals surface area (Å²) in [5.41, 5.74) is -0.822. The van der Waals surface area contributed by atoms with Crippen molar-refractivity contribution in [2.75, 3.05) is 100 Å². The number of nitrogens with zero attached hydrogens (tertiary/aromatic N) is 1. The van der Waals surface area contributed by atoms with Gasteiger partial charge in [-0.25, -0.2) is 9.78 Å². The first-order valence-electron chi connectivity index (χ1n) is 12.1. The van der Waals surface area contributed by atoms with E-state index in [4.69, 9.17) is 33.5 Å². The van der Waals surface area contributed by atoms with Gasteiger partial charge in [0.1, 0.15) is 12.2 Å². The van der Waals surface area contributed by atoms with Gasteiger partial charge in [0, 0.05) is 32.3 Å². The number of rotatable bonds is 23. The third kappa shape index (κ3) is 16.3. The lowest BCUT2D eigenvalue weighted by atomic mass is 9.94. The predicted octanol–water partition coefficient (Wildman–Crippen LogP) is 3.33. The van der Waals surface area contributed by atoms with Crippen LogP contribution in [-0.2, 0) is 33.5 Å². The molecule has 0 heterocycles. The largest absolute Gasteiger partial charge is 0.382 e. The Balaban J connectivity index is 4.43. The first-order valence-corrected chi connectivity index (χ1v) is 12.1. The van der Waals surface area contributed by atoms with Crippen molar-refractivity contribution in [3.63, 3.8) is 0 Å². The molecule has 32 heavy (non-hydrogen) atoms. The van der Waals surface area contributed by atoms with Gasteiger partial charge < -0.3 is 28.2 Å². The molecule has 0 amide bonds. The molecule has 0 radical (unpaired) electrons. The Morgan fingerprint density at radius 3 is 2.00 bits per heavy atom. The van der Waals surface area contributed by atoms with E-state index in [1.54, 1.807) is 7.11 Å². The summed E-state index contributed by atoms with van der Waals surface area (Å²) in [4.78, 5) is 10.5. The van der Waals surface area contributed by atoms with E-state index in [0.29, 0.717) is 59.5 Å². The SMILES string of the molecule is CCOCC(C)(COCC(C)(COCCCC[N+](C)(C)CC)OCC)COOCCOC. The summed E-state index contributed by atoms with van der Waals surface area (Å²) in [6, 6.07) is 0. The second-order valence-corrected chi connectivity index (χ2v) is 9.64. The van der Waals surface area contributed by atoms with Crippen LogP contribution >= 0.6 is 0 Å². The molecule has 0 N–H and O–H groups in total. The molecule has 0 aliphatic carbocycles. The molecule has 0 bridgehead atoms. The van der Waals surface area contributed by atoms with Gasteiger partial charge in [-0.1, -0.05) is 6.92 Å². The summed E-state index contributed by atoms with van der Waals surface area (Å²) in [6.07, 6.45) is 2.21. The lowest BCUT2D eigenvalue weighted by molar-refractivity contribution is -0.888. The standard InChI is InChI=1S/C24H52NO7/c1-9-25(6,7)14-12-13-15-28-21-24(5,30-11-3)22-29-19-23(4,18-27-10-2)20-32-31-17-16-26-8/h9-22H2,1-8H3/q+1. The molecule has 8 heteroatoms. The highest BCUT2D eigenvalue weighted by molar-refractivity contribution is 4.77. The normalized spacial score (nSPS) is 16.1. The van der Waals surface area contributed by atoms with Gasteiger partial charge in [0.25, 0.3) is 0 Å². The minimum Gasteiger partial charge on any atom is -0.382 e. The van der Waals surface area contributed by atoms with E-state index in [9.17, 15) is 0 Å². The fourth-order valence-corrected chi connectivity index (χ4v) is 3.01. The number of ether oxygens (including phenoxy) is 5. The van der Waals surface area contributed by atoms with Gasteiger partial charge in [-0.05, 0) is 40.5 Å². The molecule has 2 unspecified atom stereocenters. The highest BCUT2D eigenvalue weighted by atomic mass is 17.2. The zero-order chi connectivity index (χ0) is 24.3. The van der Waals surface area contributed by atoms with E-state index in [-0.39, 0.29) is 5.41 Å². The van der Waals surface area contributed by atoms with Crippen LogP contribution < -0.4 is 0 Å². The zero-order valence-corrected chi connectivity index (χ0v) is 22.2. The van der Waals surface area contributed by atoms with E-state index in [2.05, 4.69) is 27.9 Å². The number of hydrogen-bond donors (Lipinski definition) is 0. The molecular weight excluding hydrogens is 414 g/mol. The summed E-state index contributed by atoms with van der Waals surface area (Å²) >= 11 is 0. The smallest absolute Gasteiger partial charge is 0.112 e. The zero-order valence-electron chi connectivity index (χ0n) is 22.2. The van der Waals surface area contributed by atoms with Gasteiger partial charge in [-0.2, -0.15) is 0 Å². The second kappa shape index (κ2) is 18.1. The fraction of sp³-hybridized carbons (Fsp3) is 1.00. The Kier molecular flexibility index (Phi) is 17.9. The molecule has 0 fully saturated rings. The molecule has 0 aromatic heterocycles. The first-order chi connectivity index (χ1) is 15.2. The molecular formula is C24H52NO7+. The Morgan fingerprint density at radius 2 is 1.38 bits per heavy atom. The van der Waals surface area contributed by atoms with Gasteiger partial charge in [0.05, 0.1) is 66.8 Å². The maximum Gasteiger partial charge on any atom is 0.112 e. The van der Waals surface area contributed by atoms with Crippen LogP contribution in [0.2, 0.25) is 0 Å². The van der Waals surface area contributed by atoms with Crippen LogP contribution in [-0.4, -0.2) is 110 Å². The maximum atomic E-state index is 6.08. The van der Waals surface area contributed by atoms with Crippen molar-refractivity contribution >= 4 is 0 Å². The minimum atomic E-state index is -0.490. The van der Waals surface area contributed by atoms with E-state index < -0.39 is 5.60 Å². The number of quaternary nitrogens is 1. The highest BCUT2D eigenvalue weighted by Crippen LogP contribution is 2.21. The third-order valence-electron chi connectivity index (χ3n) is 5.43. The highest BCUT2D eigenvalue weighted by Gasteiger charge is 2.30. The van der Waals surface area contributed by atoms with E-state index >= 15 is 0 Å². The lowest BCUT2D eigenvalue weighted by Crippen LogP contribution is -2.42. The van der Waals surface area contributed by atoms with E-state index in [1.807, 2.05) is 20.8 Å². The summed E-state index contributed by atoms with van der Waals surface area (Å²) in [6.45, 7) is 17.8. The topological polar surface area (TPSA) is 64.6 Å². The Labute approximate surface area is 197 Å². The van der Waals surface area contributed by atoms with Gasteiger partial charge in [0.2, 0.25) is 0 Å². The van der Waals surface area contributed by atoms with Gasteiger partial charge >= 0.3 is 0 Å². The Morgan fingerprint density at radius 1 is 0.688 bits per heavy atom. The monoisotopic (exact) mass is 466 g/mol. The molecule has 0 aliphatic rings. The van der Waals surface area contributed by atoms with Crippen molar-refractivity contribution in [1.82, 2.24) is 0 Å². The predicted molar refractivity (Wildman–Crippen MR) is 127 cm³/mol. The molecule has 0 rings (SSSR count). The summed E-state index contributed by atoms with van der Waals surface area (Å²) in [5.74, 6) is 0. The van der Waals surface area contributed by atoms with Crippen LogP contribution in [0.25, 0.3) is 0 Å². The molecule has 0 saturated carbocycles.